The average Bonchev–Trinajstić information content (AvgIpc) is 3.77. The molecule has 5 heterocycles. The molecule has 0 saturated carbocycles. The highest BCUT2D eigenvalue weighted by Gasteiger charge is 2.38. The van der Waals surface area contributed by atoms with Crippen molar-refractivity contribution in [3.8, 4) is 22.6 Å². The Bertz CT molecular complexity index is 2730. The van der Waals surface area contributed by atoms with Gasteiger partial charge in [-0.05, 0) is 66.6 Å². The molecule has 3 aliphatic heterocycles. The number of carboxylic acid groups (broad SMARTS) is 1. The number of morpholine rings is 1. The number of ether oxygens (including phenoxy) is 3. The quantitative estimate of drug-likeness (QED) is 0.145. The Balaban J connectivity index is 0.00000544. The Morgan fingerprint density at radius 1 is 0.873 bits per heavy atom. The Morgan fingerprint density at radius 2 is 1.60 bits per heavy atom. The number of halogens is 1. The summed E-state index contributed by atoms with van der Waals surface area (Å²) in [5, 5.41) is 19.3. The molecule has 4 aromatic carbocycles. The first-order valence-electron chi connectivity index (χ1n) is 21.6. The lowest BCUT2D eigenvalue weighted by molar-refractivity contribution is -0.948. The fourth-order valence-corrected chi connectivity index (χ4v) is 10.8. The van der Waals surface area contributed by atoms with Crippen molar-refractivity contribution in [1.82, 2.24) is 23.0 Å². The van der Waals surface area contributed by atoms with Crippen molar-refractivity contribution in [3.63, 3.8) is 0 Å². The monoisotopic (exact) mass is 941 g/mol. The zero-order valence-corrected chi connectivity index (χ0v) is 38.8. The number of rotatable bonds is 12. The molecule has 334 valence electrons. The number of aromatic nitrogens is 3. The summed E-state index contributed by atoms with van der Waals surface area (Å²) >= 11 is 0. The third-order valence-corrected chi connectivity index (χ3v) is 15.1. The maximum atomic E-state index is 13.5. The van der Waals surface area contributed by atoms with Crippen molar-refractivity contribution >= 4 is 43.5 Å². The number of carboxylic acids is 1. The van der Waals surface area contributed by atoms with Gasteiger partial charge in [-0.25, -0.2) is 4.79 Å². The van der Waals surface area contributed by atoms with Gasteiger partial charge in [-0.2, -0.15) is 22.1 Å². The lowest BCUT2D eigenvalue weighted by Crippen LogP contribution is -3.00. The number of quaternary nitrogens is 1. The molecule has 0 unspecified atom stereocenters. The van der Waals surface area contributed by atoms with Crippen LogP contribution in [0.15, 0.2) is 78.9 Å². The van der Waals surface area contributed by atoms with Gasteiger partial charge in [0.15, 0.2) is 0 Å². The zero-order chi connectivity index (χ0) is 43.2. The third kappa shape index (κ3) is 8.56. The van der Waals surface area contributed by atoms with Crippen molar-refractivity contribution in [2.75, 3.05) is 84.6 Å². The summed E-state index contributed by atoms with van der Waals surface area (Å²) in [6, 6.07) is 26.4. The highest BCUT2D eigenvalue weighted by molar-refractivity contribution is 7.86. The molecule has 16 heteroatoms. The van der Waals surface area contributed by atoms with Crippen LogP contribution in [0.2, 0.25) is 0 Å². The number of nitrogens with zero attached hydrogens (tertiary/aromatic N) is 7. The minimum absolute atomic E-state index is 0. The molecule has 63 heavy (non-hydrogen) atoms. The topological polar surface area (TPSA) is 132 Å². The second-order valence-electron chi connectivity index (χ2n) is 17.0. The normalized spacial score (nSPS) is 16.7. The van der Waals surface area contributed by atoms with E-state index in [1.54, 1.807) is 14.1 Å². The number of fused-ring (bicyclic) bond motifs is 3. The molecule has 0 bridgehead atoms. The van der Waals surface area contributed by atoms with E-state index < -0.39 is 16.2 Å². The predicted octanol–water partition coefficient (Wildman–Crippen LogP) is 3.09. The van der Waals surface area contributed by atoms with Crippen molar-refractivity contribution in [2.45, 2.75) is 39.5 Å². The van der Waals surface area contributed by atoms with E-state index in [9.17, 15) is 18.3 Å². The standard InChI is InChI=1S/C47H55N7O7S.BrH/c1-33-14-19-39-38(12-8-28-60-42-13-7-10-34-9-5-6-11-37(34)42)46(47(55)56)53-24-25-54(26-29-59-30-27-54)31-41-44(43(33)45(39)53)40(48-50(41)4)32-61-36-17-15-35(16-18-36)51-20-22-52(23-21-51)62(57,58)49(2)3;/h5-7,9-11,13-19H,8,12,20-32H2,1-4H3;1H. The molecule has 0 atom stereocenters. The minimum atomic E-state index is -3.45. The first-order valence-corrected chi connectivity index (χ1v) is 23.0. The molecule has 14 nitrogen and oxygen atoms in total. The summed E-state index contributed by atoms with van der Waals surface area (Å²) in [5.41, 5.74) is 8.06. The number of aromatic carboxylic acids is 1. The number of hydrogen-bond acceptors (Lipinski definition) is 8. The van der Waals surface area contributed by atoms with Crippen molar-refractivity contribution in [2.24, 2.45) is 7.05 Å². The number of aryl methyl sites for hydroxylation is 3. The van der Waals surface area contributed by atoms with Crippen LogP contribution in [0.25, 0.3) is 32.8 Å². The van der Waals surface area contributed by atoms with E-state index in [1.165, 1.54) is 8.61 Å². The van der Waals surface area contributed by atoms with Crippen LogP contribution in [-0.2, 0) is 48.1 Å². The van der Waals surface area contributed by atoms with E-state index in [1.807, 2.05) is 60.3 Å². The molecule has 0 amide bonds. The van der Waals surface area contributed by atoms with Crippen LogP contribution >= 0.6 is 0 Å². The lowest BCUT2D eigenvalue weighted by atomic mass is 9.93. The first kappa shape index (κ1) is 44.6. The van der Waals surface area contributed by atoms with Gasteiger partial charge < -0.3 is 50.2 Å². The molecule has 0 radical (unpaired) electrons. The highest BCUT2D eigenvalue weighted by Crippen LogP contribution is 2.43. The molecule has 6 aromatic rings. The largest absolute Gasteiger partial charge is 1.00 e. The van der Waals surface area contributed by atoms with Crippen molar-refractivity contribution in [3.05, 3.63) is 107 Å². The predicted molar refractivity (Wildman–Crippen MR) is 240 cm³/mol. The van der Waals surface area contributed by atoms with E-state index in [0.717, 1.165) is 97.4 Å². The summed E-state index contributed by atoms with van der Waals surface area (Å²) < 4.78 is 51.7. The molecule has 1 N–H and O–H groups in total. The highest BCUT2D eigenvalue weighted by atomic mass is 79.9. The van der Waals surface area contributed by atoms with Gasteiger partial charge in [-0.15, -0.1) is 0 Å². The minimum Gasteiger partial charge on any atom is -1.00 e. The van der Waals surface area contributed by atoms with Crippen LogP contribution in [-0.4, -0.2) is 127 Å². The van der Waals surface area contributed by atoms with Crippen LogP contribution in [0.3, 0.4) is 0 Å². The van der Waals surface area contributed by atoms with Crippen LogP contribution in [0.5, 0.6) is 11.5 Å². The first-order chi connectivity index (χ1) is 29.9. The fraction of sp³-hybridized carbons (Fsp3) is 0.404. The van der Waals surface area contributed by atoms with Crippen LogP contribution in [0.1, 0.15) is 39.4 Å². The van der Waals surface area contributed by atoms with Crippen LogP contribution in [0, 0.1) is 6.92 Å². The smallest absolute Gasteiger partial charge is 0.352 e. The van der Waals surface area contributed by atoms with Gasteiger partial charge in [0.05, 0.1) is 38.4 Å². The lowest BCUT2D eigenvalue weighted by Gasteiger charge is -2.41. The van der Waals surface area contributed by atoms with Gasteiger partial charge in [0.2, 0.25) is 0 Å². The molecule has 2 saturated heterocycles. The number of piperazine rings is 1. The summed E-state index contributed by atoms with van der Waals surface area (Å²) in [7, 11) is 1.68. The van der Waals surface area contributed by atoms with E-state index in [2.05, 4.69) is 46.7 Å². The van der Waals surface area contributed by atoms with Gasteiger partial charge in [-0.3, -0.25) is 4.68 Å². The molecular weight excluding hydrogens is 887 g/mol. The number of anilines is 1. The van der Waals surface area contributed by atoms with Gasteiger partial charge in [0.1, 0.15) is 54.8 Å². The van der Waals surface area contributed by atoms with E-state index in [4.69, 9.17) is 19.3 Å². The summed E-state index contributed by atoms with van der Waals surface area (Å²) in [5.74, 6) is 0.592. The SMILES string of the molecule is Cc1ccc2c(CCCOc3cccc4ccccc34)c(C(=O)O)n3c2c1-c1c(COc2ccc(N4CCN(S(=O)(=O)N(C)C)CC4)cc2)nn(C)c1C[N+]1(CCOCC1)CC3.[Br-]. The van der Waals surface area contributed by atoms with E-state index >= 15 is 0 Å². The van der Waals surface area contributed by atoms with Gasteiger partial charge >= 0.3 is 5.97 Å². The summed E-state index contributed by atoms with van der Waals surface area (Å²) in [6.45, 7) is 9.78. The molecule has 2 aromatic heterocycles. The van der Waals surface area contributed by atoms with E-state index in [0.29, 0.717) is 76.8 Å². The van der Waals surface area contributed by atoms with Crippen LogP contribution in [0.4, 0.5) is 5.69 Å². The van der Waals surface area contributed by atoms with Gasteiger partial charge in [-0.1, -0.05) is 48.5 Å². The van der Waals surface area contributed by atoms with Gasteiger partial charge in [0.25, 0.3) is 10.2 Å². The second kappa shape index (κ2) is 18.3. The second-order valence-corrected chi connectivity index (χ2v) is 19.1. The number of benzene rings is 4. The molecule has 0 aliphatic carbocycles. The van der Waals surface area contributed by atoms with Crippen molar-refractivity contribution < 1.29 is 54.0 Å². The van der Waals surface area contributed by atoms with Crippen molar-refractivity contribution in [1.29, 1.82) is 0 Å². The molecule has 2 fully saturated rings. The average molecular weight is 943 g/mol. The Kier molecular flexibility index (Phi) is 12.9. The Hall–Kier alpha value is -4.97. The van der Waals surface area contributed by atoms with Crippen LogP contribution < -0.4 is 31.4 Å². The number of hydrogen-bond donors (Lipinski definition) is 1. The van der Waals surface area contributed by atoms with E-state index in [-0.39, 0.29) is 23.6 Å². The summed E-state index contributed by atoms with van der Waals surface area (Å²) in [6.07, 6.45) is 1.19. The Morgan fingerprint density at radius 3 is 2.33 bits per heavy atom. The third-order valence-electron chi connectivity index (χ3n) is 13.1. The maximum Gasteiger partial charge on any atom is 0.352 e. The molecular formula is C47H56BrN7O7S. The fourth-order valence-electron chi connectivity index (χ4n) is 9.73. The molecule has 3 aliphatic rings. The molecule has 9 rings (SSSR count). The summed E-state index contributed by atoms with van der Waals surface area (Å²) in [4.78, 5) is 15.7. The zero-order valence-electron chi connectivity index (χ0n) is 36.4. The maximum absolute atomic E-state index is 13.5. The molecule has 1 spiro atoms. The number of carbonyl (C=O) groups is 1. The van der Waals surface area contributed by atoms with Gasteiger partial charge in [0, 0.05) is 74.9 Å². The Labute approximate surface area is 379 Å².